The maximum absolute atomic E-state index is 11.1. The van der Waals surface area contributed by atoms with Crippen molar-refractivity contribution in [2.24, 2.45) is 5.92 Å². The molecule has 2 heterocycles. The van der Waals surface area contributed by atoms with Crippen LogP contribution in [0.15, 0.2) is 24.3 Å². The van der Waals surface area contributed by atoms with Crippen LogP contribution in [-0.2, 0) is 0 Å². The molecule has 2 saturated heterocycles. The van der Waals surface area contributed by atoms with Crippen LogP contribution in [0, 0.1) is 5.92 Å². The zero-order chi connectivity index (χ0) is 16.9. The number of benzene rings is 1. The number of carboxylic acid groups (broad SMARTS) is 1. The zero-order valence-electron chi connectivity index (χ0n) is 14.4. The standard InChI is InChI=1S/C18H27N3O3/c1-24-17-7-3-2-6-16(17)20-11-9-19(10-12-20)13-15-5-4-8-21(14-15)18(22)23/h2-3,6-7,15H,4-5,8-14H2,1H3,(H,22,23). The SMILES string of the molecule is COc1ccccc1N1CCN(CC2CCCN(C(=O)O)C2)CC1. The van der Waals surface area contributed by atoms with Crippen molar-refractivity contribution in [1.29, 1.82) is 0 Å². The van der Waals surface area contributed by atoms with Crippen molar-refractivity contribution < 1.29 is 14.6 Å². The first-order valence-corrected chi connectivity index (χ1v) is 8.75. The predicted octanol–water partition coefficient (Wildman–Crippen LogP) is 2.21. The van der Waals surface area contributed by atoms with E-state index in [0.29, 0.717) is 19.0 Å². The fraction of sp³-hybridized carbons (Fsp3) is 0.611. The molecule has 0 bridgehead atoms. The largest absolute Gasteiger partial charge is 0.495 e. The number of nitrogens with zero attached hydrogens (tertiary/aromatic N) is 3. The van der Waals surface area contributed by atoms with Gasteiger partial charge in [-0.3, -0.25) is 4.90 Å². The van der Waals surface area contributed by atoms with E-state index in [9.17, 15) is 4.79 Å². The number of hydrogen-bond donors (Lipinski definition) is 1. The summed E-state index contributed by atoms with van der Waals surface area (Å²) >= 11 is 0. The Morgan fingerprint density at radius 3 is 2.67 bits per heavy atom. The van der Waals surface area contributed by atoms with Crippen molar-refractivity contribution in [3.8, 4) is 5.75 Å². The molecule has 2 fully saturated rings. The maximum Gasteiger partial charge on any atom is 0.407 e. The Hall–Kier alpha value is -1.95. The van der Waals surface area contributed by atoms with Crippen molar-refractivity contribution in [3.05, 3.63) is 24.3 Å². The molecule has 2 aliphatic heterocycles. The van der Waals surface area contributed by atoms with Gasteiger partial charge in [0.1, 0.15) is 5.75 Å². The Bertz CT molecular complexity index is 558. The summed E-state index contributed by atoms with van der Waals surface area (Å²) in [5.41, 5.74) is 1.16. The smallest absolute Gasteiger partial charge is 0.407 e. The van der Waals surface area contributed by atoms with Gasteiger partial charge in [-0.25, -0.2) is 4.79 Å². The molecule has 1 aromatic rings. The molecule has 1 atom stereocenters. The molecule has 1 amide bonds. The van der Waals surface area contributed by atoms with E-state index in [4.69, 9.17) is 9.84 Å². The summed E-state index contributed by atoms with van der Waals surface area (Å²) < 4.78 is 5.46. The fourth-order valence-electron chi connectivity index (χ4n) is 3.82. The van der Waals surface area contributed by atoms with Gasteiger partial charge in [0.05, 0.1) is 12.8 Å². The van der Waals surface area contributed by atoms with Crippen LogP contribution >= 0.6 is 0 Å². The second-order valence-electron chi connectivity index (χ2n) is 6.70. The van der Waals surface area contributed by atoms with Crippen molar-refractivity contribution >= 4 is 11.8 Å². The summed E-state index contributed by atoms with van der Waals surface area (Å²) in [6.45, 7) is 6.37. The van der Waals surface area contributed by atoms with Gasteiger partial charge < -0.3 is 19.6 Å². The van der Waals surface area contributed by atoms with Gasteiger partial charge >= 0.3 is 6.09 Å². The van der Waals surface area contributed by atoms with Crippen LogP contribution in [0.3, 0.4) is 0 Å². The molecule has 24 heavy (non-hydrogen) atoms. The van der Waals surface area contributed by atoms with Crippen LogP contribution in [0.1, 0.15) is 12.8 Å². The van der Waals surface area contributed by atoms with E-state index in [0.717, 1.165) is 57.0 Å². The molecule has 1 N–H and O–H groups in total. The summed E-state index contributed by atoms with van der Waals surface area (Å²) in [6, 6.07) is 8.16. The topological polar surface area (TPSA) is 56.2 Å². The number of hydrogen-bond acceptors (Lipinski definition) is 4. The molecular formula is C18H27N3O3. The highest BCUT2D eigenvalue weighted by Crippen LogP contribution is 2.28. The highest BCUT2D eigenvalue weighted by atomic mass is 16.5. The number of methoxy groups -OCH3 is 1. The maximum atomic E-state index is 11.1. The molecule has 0 aliphatic carbocycles. The monoisotopic (exact) mass is 333 g/mol. The quantitative estimate of drug-likeness (QED) is 0.915. The summed E-state index contributed by atoms with van der Waals surface area (Å²) in [4.78, 5) is 17.6. The van der Waals surface area contributed by atoms with Crippen LogP contribution in [-0.4, -0.2) is 73.9 Å². The third kappa shape index (κ3) is 3.93. The summed E-state index contributed by atoms with van der Waals surface area (Å²) in [7, 11) is 1.71. The summed E-state index contributed by atoms with van der Waals surface area (Å²) in [5, 5.41) is 9.17. The molecule has 132 valence electrons. The number of likely N-dealkylation sites (tertiary alicyclic amines) is 1. The average Bonchev–Trinajstić information content (AvgIpc) is 2.62. The van der Waals surface area contributed by atoms with Gasteiger partial charge in [-0.05, 0) is 30.9 Å². The van der Waals surface area contributed by atoms with E-state index in [-0.39, 0.29) is 0 Å². The highest BCUT2D eigenvalue weighted by molar-refractivity contribution is 5.65. The number of piperazine rings is 1. The Morgan fingerprint density at radius 2 is 1.96 bits per heavy atom. The molecule has 0 saturated carbocycles. The van der Waals surface area contributed by atoms with E-state index in [1.807, 2.05) is 18.2 Å². The lowest BCUT2D eigenvalue weighted by Gasteiger charge is -2.39. The Labute approximate surface area is 143 Å². The Morgan fingerprint density at radius 1 is 1.21 bits per heavy atom. The molecule has 6 heteroatoms. The second kappa shape index (κ2) is 7.75. The first-order valence-electron chi connectivity index (χ1n) is 8.75. The number of ether oxygens (including phenoxy) is 1. The molecule has 1 unspecified atom stereocenters. The van der Waals surface area contributed by atoms with E-state index < -0.39 is 6.09 Å². The van der Waals surface area contributed by atoms with Crippen LogP contribution in [0.5, 0.6) is 5.75 Å². The van der Waals surface area contributed by atoms with Gasteiger partial charge in [-0.1, -0.05) is 12.1 Å². The predicted molar refractivity (Wildman–Crippen MR) is 94.0 cm³/mol. The van der Waals surface area contributed by atoms with Crippen LogP contribution < -0.4 is 9.64 Å². The minimum Gasteiger partial charge on any atom is -0.495 e. The van der Waals surface area contributed by atoms with Crippen LogP contribution in [0.2, 0.25) is 0 Å². The van der Waals surface area contributed by atoms with Gasteiger partial charge in [0, 0.05) is 45.8 Å². The molecule has 6 nitrogen and oxygen atoms in total. The molecule has 0 radical (unpaired) electrons. The van der Waals surface area contributed by atoms with Gasteiger partial charge in [0.25, 0.3) is 0 Å². The highest BCUT2D eigenvalue weighted by Gasteiger charge is 2.26. The Balaban J connectivity index is 1.51. The third-order valence-electron chi connectivity index (χ3n) is 5.10. The fourth-order valence-corrected chi connectivity index (χ4v) is 3.82. The summed E-state index contributed by atoms with van der Waals surface area (Å²) in [5.74, 6) is 1.39. The van der Waals surface area contributed by atoms with Gasteiger partial charge in [-0.2, -0.15) is 0 Å². The first kappa shape index (κ1) is 16.9. The normalized spacial score (nSPS) is 22.5. The lowest BCUT2D eigenvalue weighted by atomic mass is 9.97. The van der Waals surface area contributed by atoms with Crippen LogP contribution in [0.25, 0.3) is 0 Å². The lowest BCUT2D eigenvalue weighted by molar-refractivity contribution is 0.105. The first-order chi connectivity index (χ1) is 11.7. The number of para-hydroxylation sites is 2. The Kier molecular flexibility index (Phi) is 5.45. The third-order valence-corrected chi connectivity index (χ3v) is 5.10. The van der Waals surface area contributed by atoms with E-state index in [1.165, 1.54) is 0 Å². The van der Waals surface area contributed by atoms with Gasteiger partial charge in [0.2, 0.25) is 0 Å². The van der Waals surface area contributed by atoms with Crippen LogP contribution in [0.4, 0.5) is 10.5 Å². The second-order valence-corrected chi connectivity index (χ2v) is 6.70. The molecule has 1 aromatic carbocycles. The van der Waals surface area contributed by atoms with Crippen molar-refractivity contribution in [1.82, 2.24) is 9.80 Å². The average molecular weight is 333 g/mol. The number of piperidine rings is 1. The minimum atomic E-state index is -0.777. The van der Waals surface area contributed by atoms with E-state index in [1.54, 1.807) is 12.0 Å². The number of amides is 1. The zero-order valence-corrected chi connectivity index (χ0v) is 14.4. The number of anilines is 1. The molecule has 0 spiro atoms. The van der Waals surface area contributed by atoms with Crippen molar-refractivity contribution in [3.63, 3.8) is 0 Å². The minimum absolute atomic E-state index is 0.465. The number of rotatable bonds is 4. The molecule has 0 aromatic heterocycles. The molecular weight excluding hydrogens is 306 g/mol. The van der Waals surface area contributed by atoms with Crippen molar-refractivity contribution in [2.75, 3.05) is 57.8 Å². The lowest BCUT2D eigenvalue weighted by Crippen LogP contribution is -2.50. The summed E-state index contributed by atoms with van der Waals surface area (Å²) in [6.07, 6.45) is 1.34. The van der Waals surface area contributed by atoms with E-state index >= 15 is 0 Å². The van der Waals surface area contributed by atoms with E-state index in [2.05, 4.69) is 15.9 Å². The number of carbonyl (C=O) groups is 1. The van der Waals surface area contributed by atoms with Gasteiger partial charge in [0.15, 0.2) is 0 Å². The van der Waals surface area contributed by atoms with Crippen molar-refractivity contribution in [2.45, 2.75) is 12.8 Å². The molecule has 3 rings (SSSR count). The molecule has 2 aliphatic rings. The van der Waals surface area contributed by atoms with Gasteiger partial charge in [-0.15, -0.1) is 0 Å².